The number of nitrogens with one attached hydrogen (secondary N) is 1. The van der Waals surface area contributed by atoms with E-state index in [1.165, 1.54) is 0 Å². The van der Waals surface area contributed by atoms with Gasteiger partial charge in [0.2, 0.25) is 5.91 Å². The standard InChI is InChI=1S/C4H8N2O3.CH2O3/c5-1-3(7)6-2-4(8)9;2-1(3)4/h1-2,5H2,(H,6,7)(H,8,9);(H2,2,3,4). The summed E-state index contributed by atoms with van der Waals surface area (Å²) in [4.78, 5) is 28.5. The molecule has 0 saturated carbocycles. The molecule has 0 aliphatic carbocycles. The molecule has 8 nitrogen and oxygen atoms in total. The lowest BCUT2D eigenvalue weighted by atomic mass is 10.5. The van der Waals surface area contributed by atoms with E-state index in [9.17, 15) is 9.59 Å². The monoisotopic (exact) mass is 194 g/mol. The maximum absolute atomic E-state index is 10.2. The van der Waals surface area contributed by atoms with E-state index in [0.717, 1.165) is 0 Å². The molecule has 0 aliphatic heterocycles. The van der Waals surface area contributed by atoms with Crippen molar-refractivity contribution in [1.29, 1.82) is 0 Å². The van der Waals surface area contributed by atoms with Crippen LogP contribution in [0.5, 0.6) is 0 Å². The molecule has 0 unspecified atom stereocenters. The molecule has 0 aromatic rings. The molecule has 0 atom stereocenters. The van der Waals surface area contributed by atoms with Crippen molar-refractivity contribution in [1.82, 2.24) is 5.32 Å². The Kier molecular flexibility index (Phi) is 8.74. The van der Waals surface area contributed by atoms with Crippen molar-refractivity contribution in [3.05, 3.63) is 0 Å². The maximum Gasteiger partial charge on any atom is 0.503 e. The molecular weight excluding hydrogens is 184 g/mol. The van der Waals surface area contributed by atoms with Gasteiger partial charge in [-0.2, -0.15) is 0 Å². The summed E-state index contributed by atoms with van der Waals surface area (Å²) in [6.45, 7) is -0.538. The molecule has 0 heterocycles. The van der Waals surface area contributed by atoms with Crippen LogP contribution in [0.25, 0.3) is 0 Å². The number of rotatable bonds is 3. The van der Waals surface area contributed by atoms with E-state index in [2.05, 4.69) is 5.32 Å². The first-order valence-corrected chi connectivity index (χ1v) is 3.00. The van der Waals surface area contributed by atoms with Crippen molar-refractivity contribution in [2.45, 2.75) is 0 Å². The summed E-state index contributed by atoms with van der Waals surface area (Å²) < 4.78 is 0. The molecule has 0 spiro atoms. The van der Waals surface area contributed by atoms with Gasteiger partial charge in [-0.25, -0.2) is 4.79 Å². The van der Waals surface area contributed by atoms with Gasteiger partial charge < -0.3 is 26.4 Å². The highest BCUT2D eigenvalue weighted by molar-refractivity contribution is 5.82. The second kappa shape index (κ2) is 8.27. The highest BCUT2D eigenvalue weighted by Crippen LogP contribution is 1.60. The minimum absolute atomic E-state index is 0.173. The van der Waals surface area contributed by atoms with Crippen LogP contribution >= 0.6 is 0 Å². The average molecular weight is 194 g/mol. The third-order valence-electron chi connectivity index (χ3n) is 0.622. The molecular formula is C5H10N2O6. The van der Waals surface area contributed by atoms with Crippen molar-refractivity contribution in [2.75, 3.05) is 13.1 Å². The molecule has 0 bridgehead atoms. The molecule has 13 heavy (non-hydrogen) atoms. The molecule has 0 aromatic carbocycles. The second-order valence-electron chi connectivity index (χ2n) is 1.66. The van der Waals surface area contributed by atoms with E-state index in [0.29, 0.717) is 0 Å². The molecule has 0 rings (SSSR count). The number of nitrogens with two attached hydrogens (primary N) is 1. The smallest absolute Gasteiger partial charge is 0.480 e. The number of aliphatic carboxylic acids is 1. The largest absolute Gasteiger partial charge is 0.503 e. The zero-order valence-corrected chi connectivity index (χ0v) is 6.56. The Balaban J connectivity index is 0. The Morgan fingerprint density at radius 1 is 1.15 bits per heavy atom. The number of carbonyl (C=O) groups excluding carboxylic acids is 1. The topological polar surface area (TPSA) is 150 Å². The van der Waals surface area contributed by atoms with Gasteiger partial charge >= 0.3 is 12.1 Å². The van der Waals surface area contributed by atoms with E-state index >= 15 is 0 Å². The Labute approximate surface area is 73.0 Å². The number of amides is 1. The fourth-order valence-electron chi connectivity index (χ4n) is 0.246. The summed E-state index contributed by atoms with van der Waals surface area (Å²) in [5.41, 5.74) is 4.85. The number of carboxylic acid groups (broad SMARTS) is 3. The molecule has 0 fully saturated rings. The van der Waals surface area contributed by atoms with Crippen LogP contribution in [0.1, 0.15) is 0 Å². The highest BCUT2D eigenvalue weighted by atomic mass is 16.6. The summed E-state index contributed by atoms with van der Waals surface area (Å²) in [6, 6.07) is 0. The van der Waals surface area contributed by atoms with Crippen LogP contribution in [0.3, 0.4) is 0 Å². The van der Waals surface area contributed by atoms with Gasteiger partial charge in [-0.3, -0.25) is 9.59 Å². The third kappa shape index (κ3) is 25.4. The SMILES string of the molecule is NCC(=O)NCC(=O)O.O=C(O)O. The van der Waals surface area contributed by atoms with Gasteiger partial charge in [0.15, 0.2) is 0 Å². The molecule has 6 N–H and O–H groups in total. The number of hydrogen-bond donors (Lipinski definition) is 5. The first-order valence-electron chi connectivity index (χ1n) is 3.00. The maximum atomic E-state index is 10.2. The fraction of sp³-hybridized carbons (Fsp3) is 0.400. The third-order valence-corrected chi connectivity index (χ3v) is 0.622. The summed E-state index contributed by atoms with van der Waals surface area (Å²) in [5, 5.41) is 24.0. The van der Waals surface area contributed by atoms with Crippen LogP contribution in [0.4, 0.5) is 4.79 Å². The minimum Gasteiger partial charge on any atom is -0.480 e. The van der Waals surface area contributed by atoms with E-state index in [4.69, 9.17) is 25.8 Å². The molecule has 0 aliphatic rings. The van der Waals surface area contributed by atoms with Crippen LogP contribution in [-0.2, 0) is 9.59 Å². The molecule has 1 amide bonds. The van der Waals surface area contributed by atoms with E-state index in [1.807, 2.05) is 0 Å². The Morgan fingerprint density at radius 3 is 1.77 bits per heavy atom. The first-order chi connectivity index (χ1) is 5.90. The summed E-state index contributed by atoms with van der Waals surface area (Å²) in [6.07, 6.45) is -1.83. The van der Waals surface area contributed by atoms with Crippen molar-refractivity contribution >= 4 is 18.0 Å². The normalized spacial score (nSPS) is 7.77. The molecule has 76 valence electrons. The zero-order valence-electron chi connectivity index (χ0n) is 6.56. The lowest BCUT2D eigenvalue weighted by Crippen LogP contribution is -2.34. The lowest BCUT2D eigenvalue weighted by Gasteiger charge is -1.95. The van der Waals surface area contributed by atoms with Crippen molar-refractivity contribution in [3.8, 4) is 0 Å². The molecule has 0 saturated heterocycles. The summed E-state index contributed by atoms with van der Waals surface area (Å²) in [5.74, 6) is -1.53. The molecule has 8 heteroatoms. The summed E-state index contributed by atoms with van der Waals surface area (Å²) >= 11 is 0. The van der Waals surface area contributed by atoms with E-state index in [1.54, 1.807) is 0 Å². The Morgan fingerprint density at radius 2 is 1.54 bits per heavy atom. The van der Waals surface area contributed by atoms with Gasteiger partial charge in [-0.15, -0.1) is 0 Å². The van der Waals surface area contributed by atoms with Gasteiger partial charge in [-0.1, -0.05) is 0 Å². The van der Waals surface area contributed by atoms with Crippen LogP contribution in [0.15, 0.2) is 0 Å². The lowest BCUT2D eigenvalue weighted by molar-refractivity contribution is -0.137. The number of hydrogen-bond acceptors (Lipinski definition) is 4. The second-order valence-corrected chi connectivity index (χ2v) is 1.66. The van der Waals surface area contributed by atoms with Gasteiger partial charge in [0.25, 0.3) is 0 Å². The van der Waals surface area contributed by atoms with Crippen molar-refractivity contribution in [3.63, 3.8) is 0 Å². The minimum atomic E-state index is -1.83. The number of carbonyl (C=O) groups is 3. The quantitative estimate of drug-likeness (QED) is 0.361. The molecule has 0 radical (unpaired) electrons. The van der Waals surface area contributed by atoms with Crippen LogP contribution in [0.2, 0.25) is 0 Å². The first kappa shape index (κ1) is 13.7. The number of carboxylic acids is 1. The zero-order chi connectivity index (χ0) is 10.9. The predicted octanol–water partition coefficient (Wildman–Crippen LogP) is -1.63. The average Bonchev–Trinajstić information content (AvgIpc) is 1.99. The fourth-order valence-corrected chi connectivity index (χ4v) is 0.246. The van der Waals surface area contributed by atoms with Crippen LogP contribution in [0, 0.1) is 0 Å². The molecule has 0 aromatic heterocycles. The van der Waals surface area contributed by atoms with Gasteiger partial charge in [0, 0.05) is 0 Å². The van der Waals surface area contributed by atoms with Crippen LogP contribution in [-0.4, -0.2) is 46.4 Å². The van der Waals surface area contributed by atoms with E-state index < -0.39 is 18.0 Å². The Bertz CT molecular complexity index is 187. The van der Waals surface area contributed by atoms with Crippen molar-refractivity contribution < 1.29 is 29.7 Å². The van der Waals surface area contributed by atoms with Gasteiger partial charge in [-0.05, 0) is 0 Å². The van der Waals surface area contributed by atoms with Crippen molar-refractivity contribution in [2.24, 2.45) is 5.73 Å². The Hall–Kier alpha value is -1.83. The summed E-state index contributed by atoms with van der Waals surface area (Å²) in [7, 11) is 0. The van der Waals surface area contributed by atoms with Gasteiger partial charge in [0.1, 0.15) is 6.54 Å². The van der Waals surface area contributed by atoms with E-state index in [-0.39, 0.29) is 13.1 Å². The predicted molar refractivity (Wildman–Crippen MR) is 40.4 cm³/mol. The van der Waals surface area contributed by atoms with Crippen LogP contribution < -0.4 is 11.1 Å². The van der Waals surface area contributed by atoms with Gasteiger partial charge in [0.05, 0.1) is 6.54 Å². The highest BCUT2D eigenvalue weighted by Gasteiger charge is 1.98.